The lowest BCUT2D eigenvalue weighted by atomic mass is 9.88. The molecule has 1 saturated heterocycles. The number of halogens is 1. The molecule has 0 amide bonds. The summed E-state index contributed by atoms with van der Waals surface area (Å²) in [7, 11) is 0. The van der Waals surface area contributed by atoms with E-state index in [1.54, 1.807) is 24.7 Å². The van der Waals surface area contributed by atoms with Crippen molar-refractivity contribution in [2.24, 2.45) is 11.8 Å². The summed E-state index contributed by atoms with van der Waals surface area (Å²) in [6.45, 7) is 3.93. The fourth-order valence-electron chi connectivity index (χ4n) is 6.42. The molecule has 1 aliphatic carbocycles. The maximum atomic E-state index is 14.7. The third-order valence-corrected chi connectivity index (χ3v) is 8.16. The molecule has 174 valence electrons. The van der Waals surface area contributed by atoms with Gasteiger partial charge in [-0.25, -0.2) is 24.3 Å². The molecule has 3 atom stereocenters. The highest BCUT2D eigenvalue weighted by atomic mass is 19.1. The first kappa shape index (κ1) is 20.4. The number of fused-ring (bicyclic) bond motifs is 3. The molecule has 1 saturated carbocycles. The molecule has 0 unspecified atom stereocenters. The maximum Gasteiger partial charge on any atom is 0.202 e. The zero-order valence-corrected chi connectivity index (χ0v) is 19.3. The normalized spacial score (nSPS) is 23.5. The number of H-pyrrole nitrogens is 1. The molecule has 35 heavy (non-hydrogen) atoms. The lowest BCUT2D eigenvalue weighted by molar-refractivity contribution is 0.516. The Morgan fingerprint density at radius 3 is 2.91 bits per heavy atom. The van der Waals surface area contributed by atoms with Crippen LogP contribution in [0.15, 0.2) is 61.2 Å². The summed E-state index contributed by atoms with van der Waals surface area (Å²) in [6, 6.07) is 13.3. The van der Waals surface area contributed by atoms with Crippen molar-refractivity contribution in [3.8, 4) is 11.3 Å². The van der Waals surface area contributed by atoms with Crippen LogP contribution in [0, 0.1) is 17.7 Å². The Bertz CT molecular complexity index is 1580. The van der Waals surface area contributed by atoms with Crippen LogP contribution in [0.4, 0.5) is 10.2 Å². The van der Waals surface area contributed by atoms with Crippen LogP contribution in [-0.4, -0.2) is 43.2 Å². The Morgan fingerprint density at radius 1 is 1.11 bits per heavy atom. The Labute approximate surface area is 201 Å². The van der Waals surface area contributed by atoms with E-state index in [9.17, 15) is 4.39 Å². The van der Waals surface area contributed by atoms with Crippen LogP contribution in [0.1, 0.15) is 25.3 Å². The molecule has 2 aliphatic rings. The maximum absolute atomic E-state index is 14.7. The number of hydrogen-bond acceptors (Lipinski definition) is 6. The van der Waals surface area contributed by atoms with Crippen LogP contribution in [0.25, 0.3) is 33.3 Å². The molecule has 4 heterocycles. The van der Waals surface area contributed by atoms with Crippen molar-refractivity contribution in [3.05, 3.63) is 72.6 Å². The fourth-order valence-corrected chi connectivity index (χ4v) is 6.42. The first-order valence-corrected chi connectivity index (χ1v) is 12.1. The minimum atomic E-state index is -0.0826. The van der Waals surface area contributed by atoms with Gasteiger partial charge in [-0.15, -0.1) is 0 Å². The second-order valence-corrected chi connectivity index (χ2v) is 9.62. The van der Waals surface area contributed by atoms with Gasteiger partial charge in [0.25, 0.3) is 0 Å². The second kappa shape index (κ2) is 7.53. The van der Waals surface area contributed by atoms with E-state index in [-0.39, 0.29) is 11.2 Å². The molecule has 3 aromatic heterocycles. The minimum Gasteiger partial charge on any atom is -0.355 e. The van der Waals surface area contributed by atoms with Gasteiger partial charge in [0.15, 0.2) is 0 Å². The van der Waals surface area contributed by atoms with Crippen molar-refractivity contribution in [1.29, 1.82) is 0 Å². The number of benzene rings is 2. The third-order valence-electron chi connectivity index (χ3n) is 8.16. The topological polar surface area (TPSA) is 83.5 Å². The van der Waals surface area contributed by atoms with Crippen molar-refractivity contribution in [1.82, 2.24) is 30.1 Å². The quantitative estimate of drug-likeness (QED) is 0.406. The Kier molecular flexibility index (Phi) is 4.40. The molecule has 1 aliphatic heterocycles. The molecular weight excluding hydrogens is 441 g/mol. The number of hydrogen-bond donors (Lipinski definition) is 1. The lowest BCUT2D eigenvalue weighted by Crippen LogP contribution is -2.32. The van der Waals surface area contributed by atoms with E-state index in [1.807, 2.05) is 36.5 Å². The van der Waals surface area contributed by atoms with Crippen LogP contribution in [0.5, 0.6) is 0 Å². The van der Waals surface area contributed by atoms with Gasteiger partial charge in [-0.1, -0.05) is 31.2 Å². The van der Waals surface area contributed by atoms with Gasteiger partial charge in [0.05, 0.1) is 17.4 Å². The minimum absolute atomic E-state index is 0.0725. The van der Waals surface area contributed by atoms with Crippen LogP contribution < -0.4 is 4.90 Å². The van der Waals surface area contributed by atoms with E-state index < -0.39 is 0 Å². The van der Waals surface area contributed by atoms with E-state index >= 15 is 0 Å². The van der Waals surface area contributed by atoms with Gasteiger partial charge in [0.1, 0.15) is 23.5 Å². The van der Waals surface area contributed by atoms with Gasteiger partial charge in [0, 0.05) is 35.7 Å². The van der Waals surface area contributed by atoms with Gasteiger partial charge >= 0.3 is 0 Å². The zero-order valence-electron chi connectivity index (χ0n) is 19.3. The monoisotopic (exact) mass is 465 g/mol. The average Bonchev–Trinajstić information content (AvgIpc) is 3.36. The van der Waals surface area contributed by atoms with E-state index in [2.05, 4.69) is 32.0 Å². The summed E-state index contributed by atoms with van der Waals surface area (Å²) < 4.78 is 14.7. The van der Waals surface area contributed by atoms with Crippen molar-refractivity contribution >= 4 is 27.9 Å². The zero-order chi connectivity index (χ0) is 23.6. The predicted molar refractivity (Wildman–Crippen MR) is 132 cm³/mol. The highest BCUT2D eigenvalue weighted by molar-refractivity contribution is 5.91. The standard InChI is InChI=1S/C27H24FN7/c1-2-27(19-5-3-4-6-21(19)28)18-9-10-35(14-20(18)27)23-13-30-25-24(33-34-26(25)32-23)16-7-8-22-17(11-16)12-29-15-31-22/h3-8,11-13,15,18,20H,2,9-10,14H2,1H3,(H,32,33,34)/t18-,20+,27-/m1/s1. The summed E-state index contributed by atoms with van der Waals surface area (Å²) in [5, 5.41) is 8.53. The molecule has 2 aromatic carbocycles. The molecular formula is C27H24FN7. The van der Waals surface area contributed by atoms with Crippen LogP contribution in [0.3, 0.4) is 0 Å². The number of aromatic nitrogens is 6. The molecule has 2 fully saturated rings. The van der Waals surface area contributed by atoms with Gasteiger partial charge < -0.3 is 4.90 Å². The largest absolute Gasteiger partial charge is 0.355 e. The summed E-state index contributed by atoms with van der Waals surface area (Å²) in [5.41, 5.74) is 4.82. The molecule has 8 heteroatoms. The SMILES string of the molecule is CC[C@]1(c2ccccc2F)[C@@H]2CCN(c3cnc4c(-c5ccc6ncncc6c5)[nH]nc4n3)C[C@@H]21. The molecule has 7 nitrogen and oxygen atoms in total. The van der Waals surface area contributed by atoms with Crippen molar-refractivity contribution < 1.29 is 4.39 Å². The molecule has 0 bridgehead atoms. The molecule has 7 rings (SSSR count). The van der Waals surface area contributed by atoms with Gasteiger partial charge in [-0.05, 0) is 48.4 Å². The second-order valence-electron chi connectivity index (χ2n) is 9.62. The number of aromatic amines is 1. The highest BCUT2D eigenvalue weighted by Gasteiger charge is 2.65. The number of nitrogens with zero attached hydrogens (tertiary/aromatic N) is 6. The molecule has 1 N–H and O–H groups in total. The summed E-state index contributed by atoms with van der Waals surface area (Å²) in [6.07, 6.45) is 7.16. The summed E-state index contributed by atoms with van der Waals surface area (Å²) in [5.74, 6) is 1.68. The Hall–Kier alpha value is -3.94. The number of nitrogens with one attached hydrogen (secondary N) is 1. The molecule has 5 aromatic rings. The van der Waals surface area contributed by atoms with E-state index in [4.69, 9.17) is 9.97 Å². The van der Waals surface area contributed by atoms with E-state index in [0.29, 0.717) is 17.5 Å². The van der Waals surface area contributed by atoms with Gasteiger partial charge in [-0.2, -0.15) is 5.10 Å². The van der Waals surface area contributed by atoms with Crippen molar-refractivity contribution in [2.45, 2.75) is 25.2 Å². The Morgan fingerprint density at radius 2 is 2.03 bits per heavy atom. The van der Waals surface area contributed by atoms with Crippen molar-refractivity contribution in [2.75, 3.05) is 18.0 Å². The Balaban J connectivity index is 1.18. The van der Waals surface area contributed by atoms with Gasteiger partial charge in [-0.3, -0.25) is 5.10 Å². The number of piperidine rings is 1. The van der Waals surface area contributed by atoms with E-state index in [0.717, 1.165) is 65.0 Å². The summed E-state index contributed by atoms with van der Waals surface area (Å²) in [4.78, 5) is 20.3. The van der Waals surface area contributed by atoms with Crippen LogP contribution >= 0.6 is 0 Å². The molecule has 0 spiro atoms. The third kappa shape index (κ3) is 2.98. The predicted octanol–water partition coefficient (Wildman–Crippen LogP) is 4.91. The smallest absolute Gasteiger partial charge is 0.202 e. The van der Waals surface area contributed by atoms with Crippen LogP contribution in [0.2, 0.25) is 0 Å². The van der Waals surface area contributed by atoms with E-state index in [1.165, 1.54) is 0 Å². The first-order chi connectivity index (χ1) is 17.2. The molecule has 0 radical (unpaired) electrons. The highest BCUT2D eigenvalue weighted by Crippen LogP contribution is 2.65. The van der Waals surface area contributed by atoms with Gasteiger partial charge in [0.2, 0.25) is 5.65 Å². The fraction of sp³-hybridized carbons (Fsp3) is 0.296. The number of anilines is 1. The average molecular weight is 466 g/mol. The van der Waals surface area contributed by atoms with Crippen molar-refractivity contribution in [3.63, 3.8) is 0 Å². The summed E-state index contributed by atoms with van der Waals surface area (Å²) >= 11 is 0. The van der Waals surface area contributed by atoms with Crippen LogP contribution in [-0.2, 0) is 5.41 Å². The number of rotatable bonds is 4. The lowest BCUT2D eigenvalue weighted by Gasteiger charge is -2.26. The first-order valence-electron chi connectivity index (χ1n) is 12.1.